The topological polar surface area (TPSA) is 55.2 Å². The number of halogens is 1. The van der Waals surface area contributed by atoms with Crippen molar-refractivity contribution in [2.75, 3.05) is 11.9 Å². The van der Waals surface area contributed by atoms with Crippen LogP contribution in [-0.2, 0) is 0 Å². The number of hydrogen-bond donors (Lipinski definition) is 1. The Bertz CT molecular complexity index is 491. The Morgan fingerprint density at radius 3 is 2.79 bits per heavy atom. The van der Waals surface area contributed by atoms with Gasteiger partial charge in [0.05, 0.1) is 4.92 Å². The molecule has 1 aromatic rings. The van der Waals surface area contributed by atoms with Crippen LogP contribution in [0.3, 0.4) is 0 Å². The summed E-state index contributed by atoms with van der Waals surface area (Å²) in [6.45, 7) is 5.01. The van der Waals surface area contributed by atoms with Gasteiger partial charge in [-0.15, -0.1) is 0 Å². The largest absolute Gasteiger partial charge is 0.384 e. The van der Waals surface area contributed by atoms with Gasteiger partial charge in [-0.25, -0.2) is 0 Å². The number of nitro groups is 1. The standard InChI is InChI=1S/C14H19BrN2O2/c1-9-4-3-5-11(9)8-16-13-6-10(2)14(17(18)19)7-12(13)15/h6-7,9,11,16H,3-5,8H2,1-2H3. The van der Waals surface area contributed by atoms with Crippen LogP contribution >= 0.6 is 15.9 Å². The summed E-state index contributed by atoms with van der Waals surface area (Å²) >= 11 is 3.41. The zero-order valence-corrected chi connectivity index (χ0v) is 12.9. The number of anilines is 1. The van der Waals surface area contributed by atoms with Crippen LogP contribution in [0.25, 0.3) is 0 Å². The monoisotopic (exact) mass is 326 g/mol. The van der Waals surface area contributed by atoms with Crippen molar-refractivity contribution < 1.29 is 4.92 Å². The number of nitro benzene ring substituents is 1. The van der Waals surface area contributed by atoms with E-state index in [9.17, 15) is 10.1 Å². The molecule has 1 saturated carbocycles. The Kier molecular flexibility index (Phi) is 4.45. The van der Waals surface area contributed by atoms with E-state index in [1.54, 1.807) is 13.0 Å². The van der Waals surface area contributed by atoms with E-state index < -0.39 is 0 Å². The highest BCUT2D eigenvalue weighted by Crippen LogP contribution is 2.34. The van der Waals surface area contributed by atoms with E-state index in [-0.39, 0.29) is 10.6 Å². The molecule has 1 aliphatic rings. The molecule has 19 heavy (non-hydrogen) atoms. The zero-order valence-electron chi connectivity index (χ0n) is 11.3. The summed E-state index contributed by atoms with van der Waals surface area (Å²) in [4.78, 5) is 10.5. The molecule has 2 atom stereocenters. The highest BCUT2D eigenvalue weighted by Gasteiger charge is 2.23. The van der Waals surface area contributed by atoms with Gasteiger partial charge in [-0.3, -0.25) is 10.1 Å². The molecule has 0 heterocycles. The van der Waals surface area contributed by atoms with Gasteiger partial charge < -0.3 is 5.32 Å². The molecular weight excluding hydrogens is 308 g/mol. The molecule has 1 aliphatic carbocycles. The van der Waals surface area contributed by atoms with Crippen LogP contribution in [0.5, 0.6) is 0 Å². The molecule has 0 amide bonds. The first-order valence-electron chi connectivity index (χ1n) is 6.67. The maximum Gasteiger partial charge on any atom is 0.273 e. The Balaban J connectivity index is 2.08. The van der Waals surface area contributed by atoms with Crippen molar-refractivity contribution in [2.24, 2.45) is 11.8 Å². The van der Waals surface area contributed by atoms with Gasteiger partial charge in [0, 0.05) is 28.3 Å². The second-order valence-corrected chi connectivity index (χ2v) is 6.28. The number of hydrogen-bond acceptors (Lipinski definition) is 3. The van der Waals surface area contributed by atoms with Gasteiger partial charge in [-0.2, -0.15) is 0 Å². The number of nitrogens with zero attached hydrogens (tertiary/aromatic N) is 1. The molecule has 1 aromatic carbocycles. The molecule has 0 bridgehead atoms. The number of benzene rings is 1. The van der Waals surface area contributed by atoms with Crippen LogP contribution in [0.4, 0.5) is 11.4 Å². The Morgan fingerprint density at radius 1 is 1.47 bits per heavy atom. The average molecular weight is 327 g/mol. The first-order valence-corrected chi connectivity index (χ1v) is 7.46. The summed E-state index contributed by atoms with van der Waals surface area (Å²) in [6.07, 6.45) is 3.90. The van der Waals surface area contributed by atoms with Crippen molar-refractivity contribution in [3.05, 3.63) is 32.3 Å². The van der Waals surface area contributed by atoms with Crippen LogP contribution in [-0.4, -0.2) is 11.5 Å². The Hall–Kier alpha value is -1.10. The van der Waals surface area contributed by atoms with Gasteiger partial charge in [-0.1, -0.05) is 19.8 Å². The molecule has 0 radical (unpaired) electrons. The average Bonchev–Trinajstić information content (AvgIpc) is 2.75. The fraction of sp³-hybridized carbons (Fsp3) is 0.571. The zero-order chi connectivity index (χ0) is 14.0. The van der Waals surface area contributed by atoms with E-state index in [1.165, 1.54) is 19.3 Å². The summed E-state index contributed by atoms with van der Waals surface area (Å²) in [5, 5.41) is 14.3. The minimum atomic E-state index is -0.344. The van der Waals surface area contributed by atoms with Crippen LogP contribution < -0.4 is 5.32 Å². The quantitative estimate of drug-likeness (QED) is 0.654. The van der Waals surface area contributed by atoms with E-state index in [2.05, 4.69) is 28.2 Å². The predicted octanol–water partition coefficient (Wildman–Crippen LogP) is 4.51. The molecule has 1 fully saturated rings. The minimum absolute atomic E-state index is 0.159. The van der Waals surface area contributed by atoms with Gasteiger partial charge in [-0.05, 0) is 47.2 Å². The number of rotatable bonds is 4. The third-order valence-corrected chi connectivity index (χ3v) is 4.73. The molecule has 4 nitrogen and oxygen atoms in total. The fourth-order valence-corrected chi connectivity index (χ4v) is 3.24. The van der Waals surface area contributed by atoms with E-state index in [0.29, 0.717) is 11.5 Å². The SMILES string of the molecule is Cc1cc(NCC2CCCC2C)c(Br)cc1[N+](=O)[O-]. The lowest BCUT2D eigenvalue weighted by Crippen LogP contribution is -2.16. The highest BCUT2D eigenvalue weighted by atomic mass is 79.9. The van der Waals surface area contributed by atoms with Crippen molar-refractivity contribution in [1.82, 2.24) is 0 Å². The Labute approximate surface area is 121 Å². The third kappa shape index (κ3) is 3.26. The highest BCUT2D eigenvalue weighted by molar-refractivity contribution is 9.10. The van der Waals surface area contributed by atoms with Gasteiger partial charge in [0.2, 0.25) is 0 Å². The van der Waals surface area contributed by atoms with Crippen LogP contribution in [0, 0.1) is 28.9 Å². The van der Waals surface area contributed by atoms with Gasteiger partial charge in [0.25, 0.3) is 5.69 Å². The fourth-order valence-electron chi connectivity index (χ4n) is 2.77. The lowest BCUT2D eigenvalue weighted by atomic mass is 9.98. The van der Waals surface area contributed by atoms with Crippen molar-refractivity contribution in [2.45, 2.75) is 33.1 Å². The van der Waals surface area contributed by atoms with Gasteiger partial charge >= 0.3 is 0 Å². The number of aryl methyl sites for hydroxylation is 1. The third-order valence-electron chi connectivity index (χ3n) is 4.08. The van der Waals surface area contributed by atoms with Gasteiger partial charge in [0.1, 0.15) is 0 Å². The van der Waals surface area contributed by atoms with E-state index in [4.69, 9.17) is 0 Å². The molecule has 0 saturated heterocycles. The Morgan fingerprint density at radius 2 is 2.21 bits per heavy atom. The van der Waals surface area contributed by atoms with E-state index >= 15 is 0 Å². The minimum Gasteiger partial charge on any atom is -0.384 e. The molecule has 2 unspecified atom stereocenters. The normalized spacial score (nSPS) is 22.5. The summed E-state index contributed by atoms with van der Waals surface area (Å²) in [5.41, 5.74) is 1.80. The molecule has 0 aromatic heterocycles. The molecule has 0 aliphatic heterocycles. The lowest BCUT2D eigenvalue weighted by Gasteiger charge is -2.17. The van der Waals surface area contributed by atoms with Crippen molar-refractivity contribution in [1.29, 1.82) is 0 Å². The molecule has 0 spiro atoms. The summed E-state index contributed by atoms with van der Waals surface area (Å²) in [5.74, 6) is 1.48. The second-order valence-electron chi connectivity index (χ2n) is 5.42. The van der Waals surface area contributed by atoms with Crippen molar-refractivity contribution in [3.63, 3.8) is 0 Å². The summed E-state index contributed by atoms with van der Waals surface area (Å²) < 4.78 is 0.760. The smallest absolute Gasteiger partial charge is 0.273 e. The van der Waals surface area contributed by atoms with Gasteiger partial charge in [0.15, 0.2) is 0 Å². The first-order chi connectivity index (χ1) is 8.99. The summed E-state index contributed by atoms with van der Waals surface area (Å²) in [6, 6.07) is 3.43. The number of nitrogens with one attached hydrogen (secondary N) is 1. The molecule has 104 valence electrons. The molecule has 5 heteroatoms. The van der Waals surface area contributed by atoms with Crippen LogP contribution in [0.2, 0.25) is 0 Å². The maximum absolute atomic E-state index is 10.9. The second kappa shape index (κ2) is 5.90. The van der Waals surface area contributed by atoms with Crippen LogP contribution in [0.15, 0.2) is 16.6 Å². The lowest BCUT2D eigenvalue weighted by molar-refractivity contribution is -0.385. The molecular formula is C14H19BrN2O2. The predicted molar refractivity (Wildman–Crippen MR) is 80.5 cm³/mol. The maximum atomic E-state index is 10.9. The van der Waals surface area contributed by atoms with E-state index in [1.807, 2.05) is 6.07 Å². The molecule has 1 N–H and O–H groups in total. The van der Waals surface area contributed by atoms with Crippen LogP contribution in [0.1, 0.15) is 31.7 Å². The van der Waals surface area contributed by atoms with E-state index in [0.717, 1.165) is 22.6 Å². The molecule has 2 rings (SSSR count). The summed E-state index contributed by atoms with van der Waals surface area (Å²) in [7, 11) is 0. The van der Waals surface area contributed by atoms with Crippen molar-refractivity contribution >= 4 is 27.3 Å². The van der Waals surface area contributed by atoms with Crippen molar-refractivity contribution in [3.8, 4) is 0 Å². The first kappa shape index (κ1) is 14.3.